The van der Waals surface area contributed by atoms with Crippen LogP contribution in [-0.2, 0) is 6.42 Å². The second-order valence-electron chi connectivity index (χ2n) is 4.50. The Morgan fingerprint density at radius 3 is 2.94 bits per heavy atom. The molecule has 0 saturated carbocycles. The summed E-state index contributed by atoms with van der Waals surface area (Å²) in [7, 11) is 1.99. The van der Waals surface area contributed by atoms with E-state index in [1.54, 1.807) is 0 Å². The monoisotopic (exact) mass is 217 g/mol. The van der Waals surface area contributed by atoms with Crippen LogP contribution in [0, 0.1) is 5.92 Å². The van der Waals surface area contributed by atoms with Gasteiger partial charge in [0.25, 0.3) is 0 Å². The van der Waals surface area contributed by atoms with Crippen molar-refractivity contribution in [1.82, 2.24) is 5.32 Å². The zero-order valence-electron chi connectivity index (χ0n) is 9.99. The standard InChI is InChI=1S/C14H19NO/c1-10(2)14(15-3)12-8-11-6-4-5-7-13(11)16-9-12/h4-7,12,14-15H,1,8-9H2,2-3H3. The van der Waals surface area contributed by atoms with Crippen molar-refractivity contribution in [2.45, 2.75) is 19.4 Å². The molecule has 0 spiro atoms. The molecule has 0 amide bonds. The van der Waals surface area contributed by atoms with E-state index >= 15 is 0 Å². The minimum Gasteiger partial charge on any atom is -0.493 e. The minimum absolute atomic E-state index is 0.341. The summed E-state index contributed by atoms with van der Waals surface area (Å²) in [6, 6.07) is 8.62. The second kappa shape index (κ2) is 4.71. The maximum absolute atomic E-state index is 5.79. The zero-order chi connectivity index (χ0) is 11.5. The number of fused-ring (bicyclic) bond motifs is 1. The van der Waals surface area contributed by atoms with Crippen LogP contribution >= 0.6 is 0 Å². The first-order chi connectivity index (χ1) is 7.72. The molecule has 86 valence electrons. The SMILES string of the molecule is C=C(C)C(NC)C1COc2ccccc2C1. The summed E-state index contributed by atoms with van der Waals surface area (Å²) in [5.41, 5.74) is 2.48. The second-order valence-corrected chi connectivity index (χ2v) is 4.50. The largest absolute Gasteiger partial charge is 0.493 e. The first-order valence-corrected chi connectivity index (χ1v) is 5.75. The summed E-state index contributed by atoms with van der Waals surface area (Å²) < 4.78 is 5.79. The molecule has 16 heavy (non-hydrogen) atoms. The van der Waals surface area contributed by atoms with Crippen LogP contribution in [0.1, 0.15) is 12.5 Å². The van der Waals surface area contributed by atoms with Crippen LogP contribution in [0.2, 0.25) is 0 Å². The molecule has 1 heterocycles. The number of ether oxygens (including phenoxy) is 1. The lowest BCUT2D eigenvalue weighted by Gasteiger charge is -2.31. The van der Waals surface area contributed by atoms with Crippen LogP contribution in [0.25, 0.3) is 0 Å². The van der Waals surface area contributed by atoms with E-state index in [-0.39, 0.29) is 0 Å². The average Bonchev–Trinajstić information content (AvgIpc) is 2.29. The van der Waals surface area contributed by atoms with Crippen LogP contribution in [-0.4, -0.2) is 19.7 Å². The van der Waals surface area contributed by atoms with Crippen molar-refractivity contribution in [1.29, 1.82) is 0 Å². The van der Waals surface area contributed by atoms with Crippen molar-refractivity contribution in [2.24, 2.45) is 5.92 Å². The molecular formula is C14H19NO. The van der Waals surface area contributed by atoms with Crippen LogP contribution in [0.3, 0.4) is 0 Å². The predicted molar refractivity (Wildman–Crippen MR) is 66.8 cm³/mol. The first-order valence-electron chi connectivity index (χ1n) is 5.75. The molecule has 1 aliphatic rings. The average molecular weight is 217 g/mol. The maximum atomic E-state index is 5.79. The van der Waals surface area contributed by atoms with E-state index in [0.29, 0.717) is 12.0 Å². The summed E-state index contributed by atoms with van der Waals surface area (Å²) >= 11 is 0. The molecular weight excluding hydrogens is 198 g/mol. The minimum atomic E-state index is 0.341. The predicted octanol–water partition coefficient (Wildman–Crippen LogP) is 2.40. The number of hydrogen-bond donors (Lipinski definition) is 1. The van der Waals surface area contributed by atoms with E-state index in [0.717, 1.165) is 18.8 Å². The van der Waals surface area contributed by atoms with E-state index in [1.807, 2.05) is 19.2 Å². The first kappa shape index (κ1) is 11.2. The molecule has 2 unspecified atom stereocenters. The van der Waals surface area contributed by atoms with E-state index < -0.39 is 0 Å². The number of para-hydroxylation sites is 1. The molecule has 1 aromatic rings. The summed E-state index contributed by atoms with van der Waals surface area (Å²) in [6.07, 6.45) is 1.06. The van der Waals surface area contributed by atoms with Crippen molar-refractivity contribution in [3.63, 3.8) is 0 Å². The van der Waals surface area contributed by atoms with Crippen LogP contribution in [0.5, 0.6) is 5.75 Å². The van der Waals surface area contributed by atoms with Crippen LogP contribution in [0.4, 0.5) is 0 Å². The highest BCUT2D eigenvalue weighted by Crippen LogP contribution is 2.29. The van der Waals surface area contributed by atoms with Gasteiger partial charge in [-0.2, -0.15) is 0 Å². The maximum Gasteiger partial charge on any atom is 0.122 e. The third-order valence-corrected chi connectivity index (χ3v) is 3.22. The Morgan fingerprint density at radius 2 is 2.25 bits per heavy atom. The van der Waals surface area contributed by atoms with Gasteiger partial charge in [0.2, 0.25) is 0 Å². The zero-order valence-corrected chi connectivity index (χ0v) is 9.99. The number of likely N-dealkylation sites (N-methyl/N-ethyl adjacent to an activating group) is 1. The molecule has 2 atom stereocenters. The molecule has 0 radical (unpaired) electrons. The third kappa shape index (κ3) is 2.12. The quantitative estimate of drug-likeness (QED) is 0.785. The molecule has 1 aliphatic heterocycles. The van der Waals surface area contributed by atoms with E-state index in [1.165, 1.54) is 11.1 Å². The number of rotatable bonds is 3. The highest BCUT2D eigenvalue weighted by atomic mass is 16.5. The van der Waals surface area contributed by atoms with Gasteiger partial charge in [-0.1, -0.05) is 30.4 Å². The smallest absolute Gasteiger partial charge is 0.122 e. The Bertz CT molecular complexity index is 386. The van der Waals surface area contributed by atoms with Gasteiger partial charge in [-0.05, 0) is 32.0 Å². The number of benzene rings is 1. The van der Waals surface area contributed by atoms with Crippen LogP contribution < -0.4 is 10.1 Å². The summed E-state index contributed by atoms with van der Waals surface area (Å²) in [4.78, 5) is 0. The van der Waals surface area contributed by atoms with Gasteiger partial charge in [-0.25, -0.2) is 0 Å². The number of nitrogens with one attached hydrogen (secondary N) is 1. The summed E-state index contributed by atoms with van der Waals surface area (Å²) in [5.74, 6) is 1.52. The fraction of sp³-hybridized carbons (Fsp3) is 0.429. The van der Waals surface area contributed by atoms with Crippen molar-refractivity contribution in [3.8, 4) is 5.75 Å². The van der Waals surface area contributed by atoms with Gasteiger partial charge in [0.05, 0.1) is 6.61 Å². The van der Waals surface area contributed by atoms with Crippen molar-refractivity contribution in [2.75, 3.05) is 13.7 Å². The van der Waals surface area contributed by atoms with Crippen molar-refractivity contribution < 1.29 is 4.74 Å². The number of hydrogen-bond acceptors (Lipinski definition) is 2. The van der Waals surface area contributed by atoms with E-state index in [2.05, 4.69) is 31.0 Å². The molecule has 1 N–H and O–H groups in total. The van der Waals surface area contributed by atoms with Crippen LogP contribution in [0.15, 0.2) is 36.4 Å². The van der Waals surface area contributed by atoms with Crippen molar-refractivity contribution in [3.05, 3.63) is 42.0 Å². The van der Waals surface area contributed by atoms with E-state index in [4.69, 9.17) is 4.74 Å². The molecule has 2 rings (SSSR count). The Morgan fingerprint density at radius 1 is 1.50 bits per heavy atom. The summed E-state index contributed by atoms with van der Waals surface area (Å²) in [6.45, 7) is 6.88. The van der Waals surface area contributed by atoms with Gasteiger partial charge in [0.1, 0.15) is 5.75 Å². The topological polar surface area (TPSA) is 21.3 Å². The Hall–Kier alpha value is -1.28. The molecule has 0 aromatic heterocycles. The molecule has 1 aromatic carbocycles. The lowest BCUT2D eigenvalue weighted by Crippen LogP contribution is -2.40. The molecule has 0 saturated heterocycles. The normalized spacial score (nSPS) is 20.8. The Labute approximate surface area is 97.3 Å². The molecule has 2 heteroatoms. The lowest BCUT2D eigenvalue weighted by molar-refractivity contribution is 0.199. The highest BCUT2D eigenvalue weighted by molar-refractivity contribution is 5.35. The van der Waals surface area contributed by atoms with Gasteiger partial charge in [-0.3, -0.25) is 0 Å². The van der Waals surface area contributed by atoms with Gasteiger partial charge in [0, 0.05) is 12.0 Å². The molecule has 0 bridgehead atoms. The fourth-order valence-electron chi connectivity index (χ4n) is 2.45. The third-order valence-electron chi connectivity index (χ3n) is 3.22. The molecule has 0 fully saturated rings. The fourth-order valence-corrected chi connectivity index (χ4v) is 2.45. The molecule has 0 aliphatic carbocycles. The highest BCUT2D eigenvalue weighted by Gasteiger charge is 2.26. The van der Waals surface area contributed by atoms with Gasteiger partial charge in [0.15, 0.2) is 0 Å². The Balaban J connectivity index is 2.15. The van der Waals surface area contributed by atoms with Gasteiger partial charge < -0.3 is 10.1 Å². The van der Waals surface area contributed by atoms with Gasteiger partial charge in [-0.15, -0.1) is 0 Å². The van der Waals surface area contributed by atoms with E-state index in [9.17, 15) is 0 Å². The van der Waals surface area contributed by atoms with Crippen molar-refractivity contribution >= 4 is 0 Å². The summed E-state index contributed by atoms with van der Waals surface area (Å²) in [5, 5.41) is 3.32. The molecule has 2 nitrogen and oxygen atoms in total. The Kier molecular flexibility index (Phi) is 3.30. The lowest BCUT2D eigenvalue weighted by atomic mass is 9.87. The van der Waals surface area contributed by atoms with Gasteiger partial charge >= 0.3 is 0 Å².